The number of benzene rings is 3. The van der Waals surface area contributed by atoms with E-state index in [1.807, 2.05) is 24.3 Å². The van der Waals surface area contributed by atoms with Crippen molar-refractivity contribution in [2.75, 3.05) is 7.11 Å². The van der Waals surface area contributed by atoms with E-state index in [0.29, 0.717) is 32.7 Å². The molecule has 0 bridgehead atoms. The molecule has 1 aliphatic rings. The molecule has 0 radical (unpaired) electrons. The average Bonchev–Trinajstić information content (AvgIpc) is 2.93. The van der Waals surface area contributed by atoms with Crippen molar-refractivity contribution in [2.45, 2.75) is 44.6 Å². The molecule has 1 aliphatic carbocycles. The van der Waals surface area contributed by atoms with Crippen molar-refractivity contribution in [3.8, 4) is 11.5 Å². The third-order valence-electron chi connectivity index (χ3n) is 6.62. The molecule has 0 N–H and O–H groups in total. The molecule has 4 aromatic rings. The number of halogens is 2. The van der Waals surface area contributed by atoms with Crippen LogP contribution in [-0.4, -0.2) is 23.0 Å². The maximum absolute atomic E-state index is 13.4. The Morgan fingerprint density at radius 2 is 1.86 bits per heavy atom. The number of methoxy groups -OCH3 is 1. The number of aromatic nitrogens is 2. The largest absolute Gasteiger partial charge is 0.493 e. The Morgan fingerprint density at radius 3 is 2.62 bits per heavy atom. The second-order valence-corrected chi connectivity index (χ2v) is 9.99. The summed E-state index contributed by atoms with van der Waals surface area (Å²) in [6.45, 7) is 0.256. The van der Waals surface area contributed by atoms with Crippen molar-refractivity contribution < 1.29 is 13.9 Å². The number of ether oxygens (including phenoxy) is 2. The van der Waals surface area contributed by atoms with Gasteiger partial charge in [-0.1, -0.05) is 43.5 Å². The number of hydrogen-bond donors (Lipinski definition) is 0. The molecule has 1 heterocycles. The van der Waals surface area contributed by atoms with Crippen LogP contribution in [0.2, 0.25) is 0 Å². The van der Waals surface area contributed by atoms with Crippen molar-refractivity contribution in [3.63, 3.8) is 0 Å². The molecule has 3 aromatic carbocycles. The van der Waals surface area contributed by atoms with Gasteiger partial charge in [0, 0.05) is 5.92 Å². The first kappa shape index (κ1) is 25.1. The molecule has 1 saturated carbocycles. The summed E-state index contributed by atoms with van der Waals surface area (Å²) < 4.78 is 26.9. The van der Waals surface area contributed by atoms with Gasteiger partial charge in [0.15, 0.2) is 11.5 Å². The molecule has 1 aromatic heterocycles. The topological polar surface area (TPSA) is 65.7 Å². The lowest BCUT2D eigenvalue weighted by Gasteiger charge is -2.22. The Morgan fingerprint density at radius 1 is 1.11 bits per heavy atom. The van der Waals surface area contributed by atoms with Gasteiger partial charge < -0.3 is 9.47 Å². The smallest absolute Gasteiger partial charge is 0.282 e. The van der Waals surface area contributed by atoms with E-state index >= 15 is 0 Å². The molecule has 0 atom stereocenters. The highest BCUT2D eigenvalue weighted by molar-refractivity contribution is 9.10. The fourth-order valence-corrected chi connectivity index (χ4v) is 5.27. The molecule has 0 aliphatic heterocycles. The SMILES string of the molecule is COc1cc(C=Nn2c(C3CCCCC3)nc3ccccc3c2=O)cc(Br)c1OCc1ccc(F)cc1. The van der Waals surface area contributed by atoms with Crippen LogP contribution >= 0.6 is 15.9 Å². The normalized spacial score (nSPS) is 14.4. The fraction of sp³-hybridized carbons (Fsp3) is 0.276. The highest BCUT2D eigenvalue weighted by Crippen LogP contribution is 2.37. The third-order valence-corrected chi connectivity index (χ3v) is 7.21. The Labute approximate surface area is 222 Å². The number of hydrogen-bond acceptors (Lipinski definition) is 5. The third kappa shape index (κ3) is 5.59. The van der Waals surface area contributed by atoms with Crippen LogP contribution in [0.4, 0.5) is 4.39 Å². The summed E-state index contributed by atoms with van der Waals surface area (Å²) >= 11 is 3.57. The molecular weight excluding hydrogens is 537 g/mol. The van der Waals surface area contributed by atoms with Gasteiger partial charge in [-0.05, 0) is 76.3 Å². The van der Waals surface area contributed by atoms with E-state index in [2.05, 4.69) is 21.0 Å². The standard InChI is InChI=1S/C29H27BrFN3O3/c1-36-26-16-20(15-24(30)27(26)37-18-19-11-13-22(31)14-12-19)17-32-34-28(21-7-3-2-4-8-21)33-25-10-6-5-9-23(25)29(34)35/h5-6,9-17,21H,2-4,7-8,18H2,1H3. The fourth-order valence-electron chi connectivity index (χ4n) is 4.69. The van der Waals surface area contributed by atoms with E-state index in [4.69, 9.17) is 14.5 Å². The lowest BCUT2D eigenvalue weighted by molar-refractivity contribution is 0.282. The molecule has 37 heavy (non-hydrogen) atoms. The number of fused-ring (bicyclic) bond motifs is 1. The Hall–Kier alpha value is -3.52. The zero-order chi connectivity index (χ0) is 25.8. The summed E-state index contributed by atoms with van der Waals surface area (Å²) in [5, 5.41) is 5.16. The molecule has 8 heteroatoms. The quantitative estimate of drug-likeness (QED) is 0.231. The minimum atomic E-state index is -0.293. The van der Waals surface area contributed by atoms with Gasteiger partial charge in [0.2, 0.25) is 0 Å². The molecule has 0 amide bonds. The minimum absolute atomic E-state index is 0.173. The first-order chi connectivity index (χ1) is 18.0. The summed E-state index contributed by atoms with van der Waals surface area (Å²) in [5.41, 5.74) is 2.09. The highest BCUT2D eigenvalue weighted by Gasteiger charge is 2.22. The van der Waals surface area contributed by atoms with Crippen LogP contribution in [-0.2, 0) is 6.61 Å². The van der Waals surface area contributed by atoms with E-state index in [1.54, 1.807) is 37.6 Å². The molecular formula is C29H27BrFN3O3. The van der Waals surface area contributed by atoms with Gasteiger partial charge in [-0.25, -0.2) is 9.37 Å². The number of para-hydroxylation sites is 1. The molecule has 1 fully saturated rings. The van der Waals surface area contributed by atoms with Crippen LogP contribution in [0, 0.1) is 5.82 Å². The van der Waals surface area contributed by atoms with E-state index in [0.717, 1.165) is 36.8 Å². The Kier molecular flexibility index (Phi) is 7.65. The first-order valence-corrected chi connectivity index (χ1v) is 13.1. The van der Waals surface area contributed by atoms with Gasteiger partial charge >= 0.3 is 0 Å². The van der Waals surface area contributed by atoms with Gasteiger partial charge in [-0.2, -0.15) is 9.78 Å². The number of rotatable bonds is 7. The van der Waals surface area contributed by atoms with Crippen molar-refractivity contribution >= 4 is 33.0 Å². The van der Waals surface area contributed by atoms with Gasteiger partial charge in [0.25, 0.3) is 5.56 Å². The molecule has 5 rings (SSSR count). The Bertz CT molecular complexity index is 1500. The maximum Gasteiger partial charge on any atom is 0.282 e. The van der Waals surface area contributed by atoms with E-state index < -0.39 is 0 Å². The predicted octanol–water partition coefficient (Wildman–Crippen LogP) is 6.82. The summed E-state index contributed by atoms with van der Waals surface area (Å²) in [5.74, 6) is 1.65. The lowest BCUT2D eigenvalue weighted by Crippen LogP contribution is -2.25. The van der Waals surface area contributed by atoms with Crippen LogP contribution in [0.25, 0.3) is 10.9 Å². The van der Waals surface area contributed by atoms with E-state index in [1.165, 1.54) is 23.2 Å². The number of nitrogens with zero attached hydrogens (tertiary/aromatic N) is 3. The highest BCUT2D eigenvalue weighted by atomic mass is 79.9. The van der Waals surface area contributed by atoms with Gasteiger partial charge in [0.1, 0.15) is 18.2 Å². The molecule has 0 unspecified atom stereocenters. The molecule has 6 nitrogen and oxygen atoms in total. The second kappa shape index (κ2) is 11.3. The van der Waals surface area contributed by atoms with Crippen LogP contribution in [0.1, 0.15) is 55.0 Å². The zero-order valence-electron chi connectivity index (χ0n) is 20.5. The summed E-state index contributed by atoms with van der Waals surface area (Å²) in [6.07, 6.45) is 7.10. The average molecular weight is 564 g/mol. The van der Waals surface area contributed by atoms with Crippen LogP contribution in [0.15, 0.2) is 75.0 Å². The van der Waals surface area contributed by atoms with Crippen LogP contribution in [0.3, 0.4) is 0 Å². The lowest BCUT2D eigenvalue weighted by atomic mass is 9.88. The Balaban J connectivity index is 1.47. The van der Waals surface area contributed by atoms with Crippen molar-refractivity contribution in [1.82, 2.24) is 9.66 Å². The minimum Gasteiger partial charge on any atom is -0.493 e. The first-order valence-electron chi connectivity index (χ1n) is 12.3. The monoisotopic (exact) mass is 563 g/mol. The van der Waals surface area contributed by atoms with Gasteiger partial charge in [-0.3, -0.25) is 4.79 Å². The van der Waals surface area contributed by atoms with E-state index in [9.17, 15) is 9.18 Å². The summed E-state index contributed by atoms with van der Waals surface area (Å²) in [6, 6.07) is 17.2. The van der Waals surface area contributed by atoms with Crippen molar-refractivity contribution in [1.29, 1.82) is 0 Å². The van der Waals surface area contributed by atoms with Crippen molar-refractivity contribution in [3.05, 3.63) is 98.3 Å². The molecule has 0 spiro atoms. The molecule has 190 valence electrons. The van der Waals surface area contributed by atoms with Gasteiger partial charge in [-0.15, -0.1) is 0 Å². The zero-order valence-corrected chi connectivity index (χ0v) is 22.1. The summed E-state index contributed by atoms with van der Waals surface area (Å²) in [4.78, 5) is 18.3. The predicted molar refractivity (Wildman–Crippen MR) is 146 cm³/mol. The van der Waals surface area contributed by atoms with Gasteiger partial charge in [0.05, 0.1) is 28.7 Å². The second-order valence-electron chi connectivity index (χ2n) is 9.13. The van der Waals surface area contributed by atoms with Crippen LogP contribution in [0.5, 0.6) is 11.5 Å². The van der Waals surface area contributed by atoms with Crippen LogP contribution < -0.4 is 15.0 Å². The summed E-state index contributed by atoms with van der Waals surface area (Å²) in [7, 11) is 1.56. The van der Waals surface area contributed by atoms with Crippen molar-refractivity contribution in [2.24, 2.45) is 5.10 Å². The maximum atomic E-state index is 13.4. The van der Waals surface area contributed by atoms with E-state index in [-0.39, 0.29) is 23.9 Å². The molecule has 0 saturated heterocycles.